The van der Waals surface area contributed by atoms with E-state index in [1.165, 1.54) is 18.5 Å². The van der Waals surface area contributed by atoms with Gasteiger partial charge in [-0.1, -0.05) is 6.08 Å². The van der Waals surface area contributed by atoms with Gasteiger partial charge < -0.3 is 19.6 Å². The molecule has 1 aromatic rings. The van der Waals surface area contributed by atoms with E-state index in [0.717, 1.165) is 18.7 Å². The molecule has 1 amide bonds. The number of phenolic OH excluding ortho intramolecular Hbond substituents is 1. The third kappa shape index (κ3) is 1.37. The van der Waals surface area contributed by atoms with Crippen LogP contribution in [0.1, 0.15) is 24.8 Å². The first kappa shape index (κ1) is 14.2. The molecule has 134 valence electrons. The van der Waals surface area contributed by atoms with Gasteiger partial charge >= 0.3 is 0 Å². The molecular formula is C21H23N2O3+. The first-order valence-corrected chi connectivity index (χ1v) is 9.99. The van der Waals surface area contributed by atoms with Crippen LogP contribution < -0.4 is 9.80 Å². The average molecular weight is 351 g/mol. The molecule has 6 aliphatic rings. The zero-order chi connectivity index (χ0) is 17.2. The molecule has 4 fully saturated rings. The molecular weight excluding hydrogens is 328 g/mol. The lowest BCUT2D eigenvalue weighted by atomic mass is 9.53. The second-order valence-electron chi connectivity index (χ2n) is 9.11. The number of carbonyl (C=O) groups is 1. The first-order valence-electron chi connectivity index (χ1n) is 9.99. The number of nitrogens with zero attached hydrogens (tertiary/aromatic N) is 1. The van der Waals surface area contributed by atoms with E-state index in [4.69, 9.17) is 4.74 Å². The summed E-state index contributed by atoms with van der Waals surface area (Å²) in [5, 5.41) is 10.2. The van der Waals surface area contributed by atoms with Crippen molar-refractivity contribution < 1.29 is 19.5 Å². The van der Waals surface area contributed by atoms with Gasteiger partial charge in [-0.2, -0.15) is 0 Å². The minimum absolute atomic E-state index is 0.00185. The lowest BCUT2D eigenvalue weighted by Crippen LogP contribution is -3.16. The van der Waals surface area contributed by atoms with E-state index in [-0.39, 0.29) is 23.5 Å². The third-order valence-corrected chi connectivity index (χ3v) is 8.48. The number of ether oxygens (including phenoxy) is 1. The van der Waals surface area contributed by atoms with Gasteiger partial charge in [-0.25, -0.2) is 0 Å². The summed E-state index contributed by atoms with van der Waals surface area (Å²) in [5.74, 6) is 1.49. The summed E-state index contributed by atoms with van der Waals surface area (Å²) >= 11 is 0. The van der Waals surface area contributed by atoms with Crippen LogP contribution in [0.5, 0.6) is 5.75 Å². The van der Waals surface area contributed by atoms with Crippen LogP contribution in [0.4, 0.5) is 5.69 Å². The largest absolute Gasteiger partial charge is 0.508 e. The van der Waals surface area contributed by atoms with Crippen molar-refractivity contribution in [3.63, 3.8) is 0 Å². The summed E-state index contributed by atoms with van der Waals surface area (Å²) in [6, 6.07) is 6.44. The Balaban J connectivity index is 1.55. The molecule has 5 heteroatoms. The van der Waals surface area contributed by atoms with Gasteiger partial charge in [-0.05, 0) is 35.3 Å². The van der Waals surface area contributed by atoms with E-state index < -0.39 is 0 Å². The number of amides is 1. The molecule has 7 atom stereocenters. The van der Waals surface area contributed by atoms with E-state index >= 15 is 0 Å². The van der Waals surface area contributed by atoms with Crippen molar-refractivity contribution in [2.75, 3.05) is 24.6 Å². The fourth-order valence-electron chi connectivity index (χ4n) is 7.76. The maximum Gasteiger partial charge on any atom is 0.229 e. The molecule has 3 saturated heterocycles. The van der Waals surface area contributed by atoms with Crippen LogP contribution in [-0.4, -0.2) is 48.9 Å². The van der Waals surface area contributed by atoms with Gasteiger partial charge in [0, 0.05) is 24.4 Å². The molecule has 7 rings (SSSR count). The molecule has 1 aromatic carbocycles. The first-order chi connectivity index (χ1) is 12.7. The van der Waals surface area contributed by atoms with Crippen molar-refractivity contribution in [1.82, 2.24) is 0 Å². The number of anilines is 1. The fraction of sp³-hybridized carbons (Fsp3) is 0.571. The van der Waals surface area contributed by atoms with Crippen molar-refractivity contribution in [3.8, 4) is 5.75 Å². The quantitative estimate of drug-likeness (QED) is 0.665. The van der Waals surface area contributed by atoms with E-state index in [2.05, 4.69) is 11.0 Å². The summed E-state index contributed by atoms with van der Waals surface area (Å²) in [7, 11) is 0. The Morgan fingerprint density at radius 1 is 1.35 bits per heavy atom. The number of piperidine rings is 2. The summed E-state index contributed by atoms with van der Waals surface area (Å²) < 4.78 is 6.23. The molecule has 26 heavy (non-hydrogen) atoms. The Hall–Kier alpha value is -1.85. The van der Waals surface area contributed by atoms with Crippen LogP contribution >= 0.6 is 0 Å². The van der Waals surface area contributed by atoms with Crippen LogP contribution in [0.2, 0.25) is 0 Å². The highest BCUT2D eigenvalue weighted by Crippen LogP contribution is 2.62. The van der Waals surface area contributed by atoms with E-state index in [9.17, 15) is 9.90 Å². The molecule has 1 unspecified atom stereocenters. The predicted molar refractivity (Wildman–Crippen MR) is 94.2 cm³/mol. The number of benzene rings is 1. The number of hydrogen-bond donors (Lipinski definition) is 2. The second kappa shape index (κ2) is 4.34. The Morgan fingerprint density at radius 2 is 2.27 bits per heavy atom. The van der Waals surface area contributed by atoms with Crippen LogP contribution in [0.25, 0.3) is 0 Å². The SMILES string of the molecule is O=C1C[C@@H]2OCC=C3C[NH+]4CC[C@]56c7cc(O)ccc7N1[C@H]5[C@H]2[C@H]3C[C@H]46. The van der Waals surface area contributed by atoms with Gasteiger partial charge in [0.2, 0.25) is 5.91 Å². The zero-order valence-corrected chi connectivity index (χ0v) is 14.6. The van der Waals surface area contributed by atoms with Gasteiger partial charge in [-0.3, -0.25) is 4.79 Å². The van der Waals surface area contributed by atoms with Crippen LogP contribution in [-0.2, 0) is 14.9 Å². The highest BCUT2D eigenvalue weighted by molar-refractivity contribution is 5.99. The monoisotopic (exact) mass is 351 g/mol. The zero-order valence-electron chi connectivity index (χ0n) is 14.6. The normalized spacial score (nSPS) is 46.7. The van der Waals surface area contributed by atoms with Crippen molar-refractivity contribution >= 4 is 11.6 Å². The Labute approximate surface area is 152 Å². The molecule has 2 bridgehead atoms. The summed E-state index contributed by atoms with van der Waals surface area (Å²) in [6.07, 6.45) is 5.18. The number of quaternary nitrogens is 1. The molecule has 5 aliphatic heterocycles. The predicted octanol–water partition coefficient (Wildman–Crippen LogP) is 0.381. The van der Waals surface area contributed by atoms with Crippen molar-refractivity contribution in [3.05, 3.63) is 35.4 Å². The number of rotatable bonds is 0. The van der Waals surface area contributed by atoms with Gasteiger partial charge in [0.15, 0.2) is 0 Å². The number of hydrogen-bond acceptors (Lipinski definition) is 3. The van der Waals surface area contributed by atoms with Gasteiger partial charge in [-0.15, -0.1) is 0 Å². The van der Waals surface area contributed by atoms with Crippen LogP contribution in [0.15, 0.2) is 29.8 Å². The summed E-state index contributed by atoms with van der Waals surface area (Å²) in [5.41, 5.74) is 3.86. The highest BCUT2D eigenvalue weighted by atomic mass is 16.5. The molecule has 1 aliphatic carbocycles. The maximum atomic E-state index is 13.2. The Morgan fingerprint density at radius 3 is 3.19 bits per heavy atom. The summed E-state index contributed by atoms with van der Waals surface area (Å²) in [6.45, 7) is 2.96. The van der Waals surface area contributed by atoms with Crippen molar-refractivity contribution in [2.24, 2.45) is 11.8 Å². The smallest absolute Gasteiger partial charge is 0.229 e. The number of carbonyl (C=O) groups excluding carboxylic acids is 1. The highest BCUT2D eigenvalue weighted by Gasteiger charge is 2.73. The van der Waals surface area contributed by atoms with E-state index in [1.54, 1.807) is 16.5 Å². The third-order valence-electron chi connectivity index (χ3n) is 8.48. The average Bonchev–Trinajstić information content (AvgIpc) is 3.09. The molecule has 0 aromatic heterocycles. The minimum Gasteiger partial charge on any atom is -0.508 e. The second-order valence-corrected chi connectivity index (χ2v) is 9.11. The number of aromatic hydroxyl groups is 1. The number of phenols is 1. The standard InChI is InChI=1S/C21H22N2O3/c24-12-1-2-15-14(7-12)21-4-5-22-10-11-3-6-26-16-9-18(25)23(15)20(21)19(16)13(11)8-17(21)22/h1-3,7,13,16-17,19-20,24H,4-6,8-10H2/p+1/t13-,16-,17-,19-,20-,21+/m0/s1. The molecule has 1 spiro atoms. The summed E-state index contributed by atoms with van der Waals surface area (Å²) in [4.78, 5) is 17.0. The topological polar surface area (TPSA) is 54.2 Å². The van der Waals surface area contributed by atoms with E-state index in [0.29, 0.717) is 36.7 Å². The molecule has 1 saturated carbocycles. The number of nitrogens with one attached hydrogen (secondary N) is 1. The van der Waals surface area contributed by atoms with Crippen LogP contribution in [0.3, 0.4) is 0 Å². The molecule has 5 heterocycles. The molecule has 0 radical (unpaired) electrons. The lowest BCUT2D eigenvalue weighted by Gasteiger charge is -2.56. The van der Waals surface area contributed by atoms with Gasteiger partial charge in [0.05, 0.1) is 43.7 Å². The van der Waals surface area contributed by atoms with Crippen LogP contribution in [0, 0.1) is 11.8 Å². The van der Waals surface area contributed by atoms with Crippen molar-refractivity contribution in [2.45, 2.75) is 42.9 Å². The fourth-order valence-corrected chi connectivity index (χ4v) is 7.76. The van der Waals surface area contributed by atoms with Gasteiger partial charge in [0.1, 0.15) is 11.8 Å². The number of fused-ring (bicyclic) bond motifs is 2. The molecule has 2 N–H and O–H groups in total. The van der Waals surface area contributed by atoms with E-state index in [1.807, 2.05) is 12.1 Å². The van der Waals surface area contributed by atoms with Crippen molar-refractivity contribution in [1.29, 1.82) is 0 Å². The maximum absolute atomic E-state index is 13.2. The molecule has 5 nitrogen and oxygen atoms in total. The van der Waals surface area contributed by atoms with Gasteiger partial charge in [0.25, 0.3) is 0 Å². The minimum atomic E-state index is -0.00185. The Kier molecular flexibility index (Phi) is 2.38. The lowest BCUT2D eigenvalue weighted by molar-refractivity contribution is -0.916. The Bertz CT molecular complexity index is 895.